The van der Waals surface area contributed by atoms with Crippen LogP contribution in [0.4, 0.5) is 0 Å². The van der Waals surface area contributed by atoms with Gasteiger partial charge in [0.05, 0.1) is 25.4 Å². The van der Waals surface area contributed by atoms with Crippen molar-refractivity contribution in [1.29, 1.82) is 0 Å². The molecule has 0 bridgehead atoms. The third-order valence-electron chi connectivity index (χ3n) is 5.48. The molecule has 1 aliphatic heterocycles. The third-order valence-corrected chi connectivity index (χ3v) is 5.48. The highest BCUT2D eigenvalue weighted by Gasteiger charge is 2.22. The number of pyridine rings is 1. The van der Waals surface area contributed by atoms with E-state index < -0.39 is 0 Å². The Morgan fingerprint density at radius 2 is 1.87 bits per heavy atom. The molecule has 0 saturated carbocycles. The molecule has 2 heterocycles. The Morgan fingerprint density at radius 3 is 2.53 bits per heavy atom. The van der Waals surface area contributed by atoms with Crippen LogP contribution < -0.4 is 15.4 Å². The van der Waals surface area contributed by atoms with Gasteiger partial charge < -0.3 is 15.4 Å². The van der Waals surface area contributed by atoms with Crippen LogP contribution in [0.3, 0.4) is 0 Å². The molecular formula is C24H35N5O. The zero-order valence-electron chi connectivity index (χ0n) is 18.5. The van der Waals surface area contributed by atoms with E-state index in [4.69, 9.17) is 9.73 Å². The van der Waals surface area contributed by atoms with E-state index in [0.717, 1.165) is 49.3 Å². The van der Waals surface area contributed by atoms with E-state index in [1.54, 1.807) is 7.11 Å². The van der Waals surface area contributed by atoms with Crippen molar-refractivity contribution in [1.82, 2.24) is 20.5 Å². The summed E-state index contributed by atoms with van der Waals surface area (Å²) in [5.74, 6) is 1.72. The Labute approximate surface area is 180 Å². The standard InChI is InChI=1S/C24H35N5O/c1-4-25-24(26-17-21-10-8-9-19(2)28-21)27-18-23(29-15-6-5-7-16-29)20-11-13-22(30-3)14-12-20/h8-14,23H,4-7,15-18H2,1-3H3,(H2,25,26,27). The molecule has 6 nitrogen and oxygen atoms in total. The molecular weight excluding hydrogens is 374 g/mol. The van der Waals surface area contributed by atoms with Gasteiger partial charge in [-0.3, -0.25) is 9.88 Å². The SMILES string of the molecule is CCNC(=NCc1cccc(C)n1)NCC(c1ccc(OC)cc1)N1CCCCC1. The van der Waals surface area contributed by atoms with Gasteiger partial charge in [0.15, 0.2) is 5.96 Å². The highest BCUT2D eigenvalue weighted by atomic mass is 16.5. The second-order valence-corrected chi connectivity index (χ2v) is 7.73. The average Bonchev–Trinajstić information content (AvgIpc) is 2.78. The predicted octanol–water partition coefficient (Wildman–Crippen LogP) is 3.68. The predicted molar refractivity (Wildman–Crippen MR) is 123 cm³/mol. The molecule has 1 fully saturated rings. The molecule has 30 heavy (non-hydrogen) atoms. The lowest BCUT2D eigenvalue weighted by molar-refractivity contribution is 0.164. The number of ether oxygens (including phenoxy) is 1. The van der Waals surface area contributed by atoms with Gasteiger partial charge >= 0.3 is 0 Å². The van der Waals surface area contributed by atoms with Crippen LogP contribution in [0.2, 0.25) is 0 Å². The zero-order chi connectivity index (χ0) is 21.2. The van der Waals surface area contributed by atoms with E-state index in [2.05, 4.69) is 51.7 Å². The minimum absolute atomic E-state index is 0.303. The Bertz CT molecular complexity index is 799. The van der Waals surface area contributed by atoms with Gasteiger partial charge in [-0.05, 0) is 69.6 Å². The number of likely N-dealkylation sites (tertiary alicyclic amines) is 1. The fourth-order valence-electron chi connectivity index (χ4n) is 3.90. The molecule has 3 rings (SSSR count). The Hall–Kier alpha value is -2.60. The van der Waals surface area contributed by atoms with E-state index >= 15 is 0 Å². The van der Waals surface area contributed by atoms with Gasteiger partial charge in [0.2, 0.25) is 0 Å². The monoisotopic (exact) mass is 409 g/mol. The van der Waals surface area contributed by atoms with Gasteiger partial charge in [0, 0.05) is 18.8 Å². The maximum Gasteiger partial charge on any atom is 0.191 e. The number of guanidine groups is 1. The first-order chi connectivity index (χ1) is 14.7. The number of piperidine rings is 1. The molecule has 0 amide bonds. The number of aliphatic imine (C=N–C) groups is 1. The Kier molecular flexibility index (Phi) is 8.51. The summed E-state index contributed by atoms with van der Waals surface area (Å²) >= 11 is 0. The molecule has 1 aromatic heterocycles. The van der Waals surface area contributed by atoms with Crippen molar-refractivity contribution in [2.75, 3.05) is 33.3 Å². The molecule has 0 radical (unpaired) electrons. The van der Waals surface area contributed by atoms with Gasteiger partial charge in [-0.25, -0.2) is 4.99 Å². The van der Waals surface area contributed by atoms with Gasteiger partial charge in [-0.1, -0.05) is 24.6 Å². The summed E-state index contributed by atoms with van der Waals surface area (Å²) in [4.78, 5) is 11.9. The zero-order valence-corrected chi connectivity index (χ0v) is 18.5. The molecule has 1 unspecified atom stereocenters. The quantitative estimate of drug-likeness (QED) is 0.514. The summed E-state index contributed by atoms with van der Waals surface area (Å²) in [5, 5.41) is 6.94. The number of benzene rings is 1. The smallest absolute Gasteiger partial charge is 0.191 e. The molecule has 1 aromatic carbocycles. The second kappa shape index (κ2) is 11.6. The minimum Gasteiger partial charge on any atom is -0.497 e. The number of nitrogens with zero attached hydrogens (tertiary/aromatic N) is 3. The second-order valence-electron chi connectivity index (χ2n) is 7.73. The molecule has 2 N–H and O–H groups in total. The molecule has 1 aliphatic rings. The normalized spacial score (nSPS) is 16.2. The van der Waals surface area contributed by atoms with E-state index in [-0.39, 0.29) is 0 Å². The van der Waals surface area contributed by atoms with Crippen molar-refractivity contribution < 1.29 is 4.74 Å². The third kappa shape index (κ3) is 6.46. The summed E-state index contributed by atoms with van der Waals surface area (Å²) in [5.41, 5.74) is 3.31. The van der Waals surface area contributed by atoms with Crippen molar-refractivity contribution >= 4 is 5.96 Å². The summed E-state index contributed by atoms with van der Waals surface area (Å²) in [6, 6.07) is 14.8. The molecule has 6 heteroatoms. The number of aromatic nitrogens is 1. The van der Waals surface area contributed by atoms with E-state index in [0.29, 0.717) is 12.6 Å². The van der Waals surface area contributed by atoms with Crippen LogP contribution >= 0.6 is 0 Å². The van der Waals surface area contributed by atoms with E-state index in [1.807, 2.05) is 25.1 Å². The van der Waals surface area contributed by atoms with E-state index in [9.17, 15) is 0 Å². The lowest BCUT2D eigenvalue weighted by Crippen LogP contribution is -2.44. The summed E-state index contributed by atoms with van der Waals surface area (Å²) in [6.45, 7) is 8.57. The fraction of sp³-hybridized carbons (Fsp3) is 0.500. The lowest BCUT2D eigenvalue weighted by atomic mass is 10.0. The Balaban J connectivity index is 1.71. The first kappa shape index (κ1) is 22.1. The number of rotatable bonds is 8. The maximum absolute atomic E-state index is 5.34. The van der Waals surface area contributed by atoms with Crippen molar-refractivity contribution in [3.05, 3.63) is 59.4 Å². The van der Waals surface area contributed by atoms with Gasteiger partial charge in [-0.2, -0.15) is 0 Å². The van der Waals surface area contributed by atoms with Crippen LogP contribution in [-0.2, 0) is 6.54 Å². The first-order valence-electron chi connectivity index (χ1n) is 11.0. The Morgan fingerprint density at radius 1 is 1.10 bits per heavy atom. The number of methoxy groups -OCH3 is 1. The summed E-state index contributed by atoms with van der Waals surface area (Å²) in [7, 11) is 1.71. The number of aryl methyl sites for hydroxylation is 1. The van der Waals surface area contributed by atoms with Crippen LogP contribution in [0.15, 0.2) is 47.5 Å². The molecule has 0 spiro atoms. The number of hydrogen-bond acceptors (Lipinski definition) is 4. The van der Waals surface area contributed by atoms with Gasteiger partial charge in [0.1, 0.15) is 5.75 Å². The van der Waals surface area contributed by atoms with Gasteiger partial charge in [-0.15, -0.1) is 0 Å². The lowest BCUT2D eigenvalue weighted by Gasteiger charge is -2.35. The maximum atomic E-state index is 5.34. The minimum atomic E-state index is 0.303. The van der Waals surface area contributed by atoms with Crippen LogP contribution in [0.1, 0.15) is 49.2 Å². The van der Waals surface area contributed by atoms with Crippen LogP contribution in [-0.4, -0.2) is 49.1 Å². The highest BCUT2D eigenvalue weighted by Crippen LogP contribution is 2.25. The average molecular weight is 410 g/mol. The molecule has 0 aliphatic carbocycles. The fourth-order valence-corrected chi connectivity index (χ4v) is 3.90. The highest BCUT2D eigenvalue weighted by molar-refractivity contribution is 5.79. The molecule has 2 aromatic rings. The van der Waals surface area contributed by atoms with Crippen LogP contribution in [0.5, 0.6) is 5.75 Å². The number of hydrogen-bond donors (Lipinski definition) is 2. The first-order valence-corrected chi connectivity index (χ1v) is 11.0. The topological polar surface area (TPSA) is 61.8 Å². The van der Waals surface area contributed by atoms with Crippen molar-refractivity contribution in [3.8, 4) is 5.75 Å². The van der Waals surface area contributed by atoms with Crippen LogP contribution in [0, 0.1) is 6.92 Å². The molecule has 162 valence electrons. The number of nitrogens with one attached hydrogen (secondary N) is 2. The van der Waals surface area contributed by atoms with Crippen molar-refractivity contribution in [2.45, 2.75) is 45.7 Å². The summed E-state index contributed by atoms with van der Waals surface area (Å²) < 4.78 is 5.34. The summed E-state index contributed by atoms with van der Waals surface area (Å²) in [6.07, 6.45) is 3.85. The molecule has 1 saturated heterocycles. The van der Waals surface area contributed by atoms with E-state index in [1.165, 1.54) is 24.8 Å². The largest absolute Gasteiger partial charge is 0.497 e. The van der Waals surface area contributed by atoms with Crippen molar-refractivity contribution in [3.63, 3.8) is 0 Å². The van der Waals surface area contributed by atoms with Gasteiger partial charge in [0.25, 0.3) is 0 Å². The molecule has 1 atom stereocenters. The van der Waals surface area contributed by atoms with Crippen LogP contribution in [0.25, 0.3) is 0 Å². The van der Waals surface area contributed by atoms with Crippen molar-refractivity contribution in [2.24, 2.45) is 4.99 Å².